The Kier molecular flexibility index (Phi) is 5.12. The molecule has 1 aliphatic rings. The molecule has 0 radical (unpaired) electrons. The van der Waals surface area contributed by atoms with Crippen LogP contribution < -0.4 is 4.74 Å². The van der Waals surface area contributed by atoms with Crippen molar-refractivity contribution in [3.05, 3.63) is 70.3 Å². The predicted molar refractivity (Wildman–Crippen MR) is 109 cm³/mol. The maximum absolute atomic E-state index is 11.8. The molecule has 1 fully saturated rings. The smallest absolute Gasteiger partial charge is 0.233 e. The Morgan fingerprint density at radius 2 is 1.97 bits per heavy atom. The molecule has 29 heavy (non-hydrogen) atoms. The first-order valence-corrected chi connectivity index (χ1v) is 11.5. The standard InChI is InChI=1S/C21H21ClN2O4S/c1-27-17-11-14(7-8-18(17)29(2,25)26)12-19-23-20(28-24-19)21(9-10-21)13-15-5-3-4-6-16(15)22/h3-8,11H,9-10,12-13H2,1-2H3. The largest absolute Gasteiger partial charge is 0.495 e. The molecule has 1 saturated carbocycles. The van der Waals surface area contributed by atoms with E-state index in [9.17, 15) is 8.42 Å². The van der Waals surface area contributed by atoms with Crippen molar-refractivity contribution in [3.63, 3.8) is 0 Å². The molecule has 2 aromatic carbocycles. The van der Waals surface area contributed by atoms with Crippen LogP contribution in [0.3, 0.4) is 0 Å². The molecule has 0 atom stereocenters. The van der Waals surface area contributed by atoms with Crippen LogP contribution in [0.1, 0.15) is 35.7 Å². The normalized spacial score (nSPS) is 15.3. The van der Waals surface area contributed by atoms with Crippen LogP contribution >= 0.6 is 11.6 Å². The minimum Gasteiger partial charge on any atom is -0.495 e. The maximum atomic E-state index is 11.8. The molecule has 0 N–H and O–H groups in total. The van der Waals surface area contributed by atoms with Gasteiger partial charge in [-0.2, -0.15) is 4.98 Å². The number of hydrogen-bond acceptors (Lipinski definition) is 6. The summed E-state index contributed by atoms with van der Waals surface area (Å²) in [5, 5.41) is 4.88. The summed E-state index contributed by atoms with van der Waals surface area (Å²) >= 11 is 6.31. The first kappa shape index (κ1) is 19.9. The van der Waals surface area contributed by atoms with Gasteiger partial charge in [0.05, 0.1) is 12.5 Å². The third kappa shape index (κ3) is 4.16. The molecule has 1 aromatic heterocycles. The zero-order chi connectivity index (χ0) is 20.6. The molecule has 6 nitrogen and oxygen atoms in total. The van der Waals surface area contributed by atoms with Crippen molar-refractivity contribution in [1.29, 1.82) is 0 Å². The van der Waals surface area contributed by atoms with Gasteiger partial charge in [0.15, 0.2) is 15.7 Å². The number of benzene rings is 2. The lowest BCUT2D eigenvalue weighted by molar-refractivity contribution is 0.340. The third-order valence-electron chi connectivity index (χ3n) is 5.25. The molecular weight excluding hydrogens is 412 g/mol. The van der Waals surface area contributed by atoms with Crippen LogP contribution in [0.25, 0.3) is 0 Å². The summed E-state index contributed by atoms with van der Waals surface area (Å²) in [4.78, 5) is 4.77. The third-order valence-corrected chi connectivity index (χ3v) is 6.76. The van der Waals surface area contributed by atoms with Gasteiger partial charge in [-0.25, -0.2) is 8.42 Å². The molecule has 0 saturated heterocycles. The highest BCUT2D eigenvalue weighted by Gasteiger charge is 2.49. The van der Waals surface area contributed by atoms with E-state index in [0.717, 1.165) is 41.7 Å². The number of methoxy groups -OCH3 is 1. The highest BCUT2D eigenvalue weighted by atomic mass is 35.5. The van der Waals surface area contributed by atoms with Crippen molar-refractivity contribution < 1.29 is 17.7 Å². The van der Waals surface area contributed by atoms with E-state index in [1.165, 1.54) is 7.11 Å². The maximum Gasteiger partial charge on any atom is 0.233 e. The molecule has 1 heterocycles. The van der Waals surface area contributed by atoms with E-state index < -0.39 is 9.84 Å². The summed E-state index contributed by atoms with van der Waals surface area (Å²) in [7, 11) is -1.91. The molecule has 0 bridgehead atoms. The second-order valence-electron chi connectivity index (χ2n) is 7.50. The predicted octanol–water partition coefficient (Wildman–Crippen LogP) is 4.00. The summed E-state index contributed by atoms with van der Waals surface area (Å²) in [5.41, 5.74) is 1.78. The first-order valence-electron chi connectivity index (χ1n) is 9.24. The lowest BCUT2D eigenvalue weighted by Gasteiger charge is -2.11. The van der Waals surface area contributed by atoms with Crippen LogP contribution in [0, 0.1) is 0 Å². The molecule has 1 aliphatic carbocycles. The second-order valence-corrected chi connectivity index (χ2v) is 9.89. The van der Waals surface area contributed by atoms with Crippen LogP contribution in [-0.4, -0.2) is 31.9 Å². The van der Waals surface area contributed by atoms with E-state index in [-0.39, 0.29) is 10.3 Å². The zero-order valence-corrected chi connectivity index (χ0v) is 17.8. The van der Waals surface area contributed by atoms with E-state index >= 15 is 0 Å². The molecule has 0 aliphatic heterocycles. The highest BCUT2D eigenvalue weighted by molar-refractivity contribution is 7.90. The first-order chi connectivity index (χ1) is 13.8. The van der Waals surface area contributed by atoms with Gasteiger partial charge in [-0.3, -0.25) is 0 Å². The van der Waals surface area contributed by atoms with Crippen LogP contribution in [0.15, 0.2) is 51.9 Å². The molecule has 4 rings (SSSR count). The monoisotopic (exact) mass is 432 g/mol. The average molecular weight is 433 g/mol. The number of nitrogens with zero attached hydrogens (tertiary/aromatic N) is 2. The van der Waals surface area contributed by atoms with E-state index in [4.69, 9.17) is 20.9 Å². The number of halogens is 1. The summed E-state index contributed by atoms with van der Waals surface area (Å²) in [6.07, 6.45) is 4.31. The van der Waals surface area contributed by atoms with Gasteiger partial charge in [-0.1, -0.05) is 41.0 Å². The summed E-state index contributed by atoms with van der Waals surface area (Å²) in [6.45, 7) is 0. The molecule has 152 valence electrons. The Morgan fingerprint density at radius 1 is 1.21 bits per heavy atom. The Balaban J connectivity index is 1.54. The van der Waals surface area contributed by atoms with Gasteiger partial charge in [0, 0.05) is 17.7 Å². The van der Waals surface area contributed by atoms with E-state index in [2.05, 4.69) is 10.1 Å². The molecule has 0 amide bonds. The van der Waals surface area contributed by atoms with Gasteiger partial charge in [0.25, 0.3) is 0 Å². The van der Waals surface area contributed by atoms with Crippen molar-refractivity contribution in [2.24, 2.45) is 0 Å². The van der Waals surface area contributed by atoms with Gasteiger partial charge in [0.2, 0.25) is 5.89 Å². The quantitative estimate of drug-likeness (QED) is 0.561. The topological polar surface area (TPSA) is 82.3 Å². The van der Waals surface area contributed by atoms with Gasteiger partial charge in [0.1, 0.15) is 10.6 Å². The summed E-state index contributed by atoms with van der Waals surface area (Å²) in [6, 6.07) is 12.8. The minimum atomic E-state index is -3.36. The Labute approximate surface area is 174 Å². The lowest BCUT2D eigenvalue weighted by Crippen LogP contribution is -2.11. The Morgan fingerprint density at radius 3 is 2.62 bits per heavy atom. The van der Waals surface area contributed by atoms with Crippen molar-refractivity contribution in [1.82, 2.24) is 10.1 Å². The fourth-order valence-electron chi connectivity index (χ4n) is 3.48. The Hall–Kier alpha value is -2.38. The molecule has 3 aromatic rings. The van der Waals surface area contributed by atoms with Crippen LogP contribution in [0.4, 0.5) is 0 Å². The van der Waals surface area contributed by atoms with Crippen molar-refractivity contribution in [2.45, 2.75) is 36.0 Å². The Bertz CT molecular complexity index is 1150. The van der Waals surface area contributed by atoms with Crippen LogP contribution in [0.5, 0.6) is 5.75 Å². The number of hydrogen-bond donors (Lipinski definition) is 0. The second kappa shape index (κ2) is 7.46. The number of rotatable bonds is 7. The molecule has 0 spiro atoms. The number of aromatic nitrogens is 2. The fourth-order valence-corrected chi connectivity index (χ4v) is 4.50. The van der Waals surface area contributed by atoms with Crippen molar-refractivity contribution in [2.75, 3.05) is 13.4 Å². The highest BCUT2D eigenvalue weighted by Crippen LogP contribution is 2.50. The lowest BCUT2D eigenvalue weighted by atomic mass is 9.96. The number of sulfone groups is 1. The molecular formula is C21H21ClN2O4S. The number of ether oxygens (including phenoxy) is 1. The van der Waals surface area contributed by atoms with Crippen LogP contribution in [-0.2, 0) is 28.1 Å². The molecule has 8 heteroatoms. The summed E-state index contributed by atoms with van der Waals surface area (Å²) < 4.78 is 34.5. The average Bonchev–Trinajstić information content (AvgIpc) is 3.31. The van der Waals surface area contributed by atoms with Gasteiger partial charge in [-0.15, -0.1) is 0 Å². The zero-order valence-electron chi connectivity index (χ0n) is 16.2. The van der Waals surface area contributed by atoms with Crippen molar-refractivity contribution in [3.8, 4) is 5.75 Å². The minimum absolute atomic E-state index is 0.145. The van der Waals surface area contributed by atoms with E-state index in [1.807, 2.05) is 24.3 Å². The van der Waals surface area contributed by atoms with E-state index in [1.54, 1.807) is 18.2 Å². The molecule has 0 unspecified atom stereocenters. The van der Waals surface area contributed by atoms with Gasteiger partial charge in [-0.05, 0) is 48.6 Å². The van der Waals surface area contributed by atoms with E-state index in [0.29, 0.717) is 23.9 Å². The van der Waals surface area contributed by atoms with Crippen LogP contribution in [0.2, 0.25) is 5.02 Å². The fraction of sp³-hybridized carbons (Fsp3) is 0.333. The SMILES string of the molecule is COc1cc(Cc2noc(C3(Cc4ccccc4Cl)CC3)n2)ccc1S(C)(=O)=O. The van der Waals surface area contributed by atoms with Crippen molar-refractivity contribution >= 4 is 21.4 Å². The van der Waals surface area contributed by atoms with Gasteiger partial charge >= 0.3 is 0 Å². The van der Waals surface area contributed by atoms with Gasteiger partial charge < -0.3 is 9.26 Å². The summed E-state index contributed by atoms with van der Waals surface area (Å²) in [5.74, 6) is 1.50.